The normalized spacial score (nSPS) is 12.9. The van der Waals surface area contributed by atoms with Crippen LogP contribution in [0.15, 0.2) is 48.7 Å². The lowest BCUT2D eigenvalue weighted by Crippen LogP contribution is -2.46. The van der Waals surface area contributed by atoms with Crippen molar-refractivity contribution in [2.75, 3.05) is 19.7 Å². The van der Waals surface area contributed by atoms with Gasteiger partial charge in [-0.05, 0) is 31.2 Å². The van der Waals surface area contributed by atoms with Gasteiger partial charge in [0, 0.05) is 31.5 Å². The third-order valence-corrected chi connectivity index (χ3v) is 3.99. The van der Waals surface area contributed by atoms with Crippen LogP contribution in [0.2, 0.25) is 5.15 Å². The van der Waals surface area contributed by atoms with Gasteiger partial charge in [-0.2, -0.15) is 0 Å². The quantitative estimate of drug-likeness (QED) is 0.564. The zero-order valence-corrected chi connectivity index (χ0v) is 15.6. The monoisotopic (exact) mass is 391 g/mol. The molecule has 0 aliphatic rings. The molecule has 2 amide bonds. The number of carbonyl (C=O) groups excluding carboxylic acids is 2. The first kappa shape index (κ1) is 20.8. The van der Waals surface area contributed by atoms with E-state index in [0.29, 0.717) is 22.9 Å². The smallest absolute Gasteiger partial charge is 0.252 e. The van der Waals surface area contributed by atoms with Gasteiger partial charge in [0.25, 0.3) is 11.8 Å². The minimum atomic E-state index is -0.985. The van der Waals surface area contributed by atoms with Gasteiger partial charge in [-0.25, -0.2) is 4.98 Å². The van der Waals surface area contributed by atoms with Crippen LogP contribution in [-0.4, -0.2) is 53.8 Å². The zero-order chi connectivity index (χ0) is 19.6. The Hall–Kier alpha value is -2.48. The van der Waals surface area contributed by atoms with E-state index in [1.807, 2.05) is 6.07 Å². The number of hydrogen-bond acceptors (Lipinski definition) is 5. The number of rotatable bonds is 9. The van der Waals surface area contributed by atoms with Gasteiger partial charge in [-0.1, -0.05) is 29.8 Å². The van der Waals surface area contributed by atoms with Crippen LogP contribution in [0.3, 0.4) is 0 Å². The summed E-state index contributed by atoms with van der Waals surface area (Å²) in [5, 5.41) is 16.0. The number of nitrogens with zero attached hydrogens (tertiary/aromatic N) is 1. The molecule has 0 aliphatic carbocycles. The molecule has 0 radical (unpaired) electrons. The lowest BCUT2D eigenvalue weighted by molar-refractivity contribution is -0.0287. The number of aliphatic hydroxyl groups is 1. The number of aliphatic hydroxyl groups excluding tert-OH is 1. The van der Waals surface area contributed by atoms with Gasteiger partial charge in [-0.3, -0.25) is 9.59 Å². The molecule has 1 aromatic carbocycles. The topological polar surface area (TPSA) is 101 Å². The van der Waals surface area contributed by atoms with E-state index >= 15 is 0 Å². The Morgan fingerprint density at radius 2 is 1.74 bits per heavy atom. The molecule has 2 rings (SSSR count). The molecule has 1 aromatic heterocycles. The Labute approximate surface area is 162 Å². The van der Waals surface area contributed by atoms with E-state index in [1.165, 1.54) is 12.3 Å². The van der Waals surface area contributed by atoms with Gasteiger partial charge in [0.1, 0.15) is 11.3 Å². The fraction of sp³-hybridized carbons (Fsp3) is 0.316. The number of nitrogens with one attached hydrogen (secondary N) is 2. The van der Waals surface area contributed by atoms with Crippen LogP contribution in [0.4, 0.5) is 0 Å². The van der Waals surface area contributed by atoms with Gasteiger partial charge < -0.3 is 20.5 Å². The second-order valence-corrected chi connectivity index (χ2v) is 6.10. The van der Waals surface area contributed by atoms with Crippen molar-refractivity contribution in [1.29, 1.82) is 0 Å². The lowest BCUT2D eigenvalue weighted by atomic mass is 10.1. The predicted octanol–water partition coefficient (Wildman–Crippen LogP) is 1.66. The van der Waals surface area contributed by atoms with E-state index < -0.39 is 12.2 Å². The van der Waals surface area contributed by atoms with E-state index in [-0.39, 0.29) is 24.9 Å². The van der Waals surface area contributed by atoms with Crippen LogP contribution in [0.5, 0.6) is 0 Å². The van der Waals surface area contributed by atoms with Crippen molar-refractivity contribution in [2.45, 2.75) is 19.1 Å². The molecule has 8 heteroatoms. The molecular weight excluding hydrogens is 370 g/mol. The summed E-state index contributed by atoms with van der Waals surface area (Å²) in [6.07, 6.45) is -0.291. The molecule has 0 fully saturated rings. The molecule has 0 saturated carbocycles. The molecule has 7 nitrogen and oxygen atoms in total. The molecule has 2 aromatic rings. The van der Waals surface area contributed by atoms with Gasteiger partial charge in [0.05, 0.1) is 11.7 Å². The highest BCUT2D eigenvalue weighted by Gasteiger charge is 2.21. The maximum Gasteiger partial charge on any atom is 0.252 e. The van der Waals surface area contributed by atoms with Crippen LogP contribution in [0.1, 0.15) is 27.6 Å². The Balaban J connectivity index is 1.86. The van der Waals surface area contributed by atoms with E-state index in [1.54, 1.807) is 37.3 Å². The average molecular weight is 392 g/mol. The van der Waals surface area contributed by atoms with Gasteiger partial charge in [-0.15, -0.1) is 0 Å². The third-order valence-electron chi connectivity index (χ3n) is 3.77. The minimum absolute atomic E-state index is 0.00321. The first-order valence-corrected chi connectivity index (χ1v) is 8.91. The fourth-order valence-corrected chi connectivity index (χ4v) is 2.46. The summed E-state index contributed by atoms with van der Waals surface area (Å²) in [6.45, 7) is 2.22. The molecule has 0 aliphatic heterocycles. The summed E-state index contributed by atoms with van der Waals surface area (Å²) in [4.78, 5) is 28.0. The van der Waals surface area contributed by atoms with E-state index in [4.69, 9.17) is 16.3 Å². The summed E-state index contributed by atoms with van der Waals surface area (Å²) in [6, 6.07) is 11.8. The molecule has 0 bridgehead atoms. The summed E-state index contributed by atoms with van der Waals surface area (Å²) < 4.78 is 5.49. The number of hydrogen-bond donors (Lipinski definition) is 3. The van der Waals surface area contributed by atoms with Crippen molar-refractivity contribution in [3.8, 4) is 0 Å². The van der Waals surface area contributed by atoms with Gasteiger partial charge in [0.15, 0.2) is 0 Å². The Morgan fingerprint density at radius 1 is 1.07 bits per heavy atom. The maximum atomic E-state index is 12.1. The van der Waals surface area contributed by atoms with Gasteiger partial charge in [0.2, 0.25) is 0 Å². The molecule has 2 atom stereocenters. The zero-order valence-electron chi connectivity index (χ0n) is 14.9. The number of benzene rings is 1. The predicted molar refractivity (Wildman–Crippen MR) is 102 cm³/mol. The lowest BCUT2D eigenvalue weighted by Gasteiger charge is -2.23. The highest BCUT2D eigenvalue weighted by molar-refractivity contribution is 6.29. The van der Waals surface area contributed by atoms with Crippen LogP contribution in [-0.2, 0) is 4.74 Å². The molecular formula is C19H22ClN3O4. The minimum Gasteiger partial charge on any atom is -0.388 e. The fourth-order valence-electron chi connectivity index (χ4n) is 2.35. The number of halogens is 1. The first-order valence-electron chi connectivity index (χ1n) is 8.54. The van der Waals surface area contributed by atoms with Gasteiger partial charge >= 0.3 is 0 Å². The largest absolute Gasteiger partial charge is 0.388 e. The SMILES string of the molecule is CCO[C@H](CNC(=O)c1ccc(Cl)nc1)[C@@H](O)CNC(=O)c1ccccc1. The highest BCUT2D eigenvalue weighted by Crippen LogP contribution is 2.06. The first-order chi connectivity index (χ1) is 13.0. The van der Waals surface area contributed by atoms with E-state index in [0.717, 1.165) is 0 Å². The number of ether oxygens (including phenoxy) is 1. The second kappa shape index (κ2) is 10.6. The molecule has 0 spiro atoms. The third kappa shape index (κ3) is 6.63. The number of aromatic nitrogens is 1. The Kier molecular flexibility index (Phi) is 8.19. The standard InChI is InChI=1S/C19H22ClN3O4/c1-2-27-16(12-23-19(26)14-8-9-17(20)21-10-14)15(24)11-22-18(25)13-6-4-3-5-7-13/h3-10,15-16,24H,2,11-12H2,1H3,(H,22,25)(H,23,26)/t15-,16+/m0/s1. The summed E-state index contributed by atoms with van der Waals surface area (Å²) in [7, 11) is 0. The van der Waals surface area contributed by atoms with Crippen LogP contribution in [0.25, 0.3) is 0 Å². The Bertz CT molecular complexity index is 740. The second-order valence-electron chi connectivity index (χ2n) is 5.72. The molecule has 3 N–H and O–H groups in total. The number of carbonyl (C=O) groups is 2. The van der Waals surface area contributed by atoms with Crippen LogP contribution >= 0.6 is 11.6 Å². The molecule has 144 valence electrons. The highest BCUT2D eigenvalue weighted by atomic mass is 35.5. The maximum absolute atomic E-state index is 12.1. The van der Waals surface area contributed by atoms with Crippen molar-refractivity contribution >= 4 is 23.4 Å². The summed E-state index contributed by atoms with van der Waals surface area (Å²) in [5.41, 5.74) is 0.850. The van der Waals surface area contributed by atoms with Crippen molar-refractivity contribution < 1.29 is 19.4 Å². The average Bonchev–Trinajstić information content (AvgIpc) is 2.70. The Morgan fingerprint density at radius 3 is 2.37 bits per heavy atom. The molecule has 27 heavy (non-hydrogen) atoms. The molecule has 0 saturated heterocycles. The summed E-state index contributed by atoms with van der Waals surface area (Å²) in [5.74, 6) is -0.648. The van der Waals surface area contributed by atoms with E-state index in [9.17, 15) is 14.7 Å². The molecule has 0 unspecified atom stereocenters. The number of pyridine rings is 1. The van der Waals surface area contributed by atoms with Crippen molar-refractivity contribution in [3.63, 3.8) is 0 Å². The van der Waals surface area contributed by atoms with Crippen molar-refractivity contribution in [3.05, 3.63) is 64.9 Å². The number of amides is 2. The van der Waals surface area contributed by atoms with Crippen LogP contribution in [0, 0.1) is 0 Å². The van der Waals surface area contributed by atoms with Crippen LogP contribution < -0.4 is 10.6 Å². The summed E-state index contributed by atoms with van der Waals surface area (Å²) >= 11 is 5.70. The molecule has 1 heterocycles. The van der Waals surface area contributed by atoms with Crippen molar-refractivity contribution in [1.82, 2.24) is 15.6 Å². The van der Waals surface area contributed by atoms with Crippen molar-refractivity contribution in [2.24, 2.45) is 0 Å². The van der Waals surface area contributed by atoms with E-state index in [2.05, 4.69) is 15.6 Å².